The minimum Gasteiger partial charge on any atom is -0.492 e. The molecule has 0 spiro atoms. The molecule has 1 aromatic carbocycles. The summed E-state index contributed by atoms with van der Waals surface area (Å²) in [5.74, 6) is 2.84. The number of pyridine rings is 1. The standard InChI is InChI=1S/C34H53NO/c1-3-5-7-9-11-13-27-36-33-25-26-34(35-28-33)32-23-21-31(22-24-32)20-19-30-17-15-29(16-18-30)14-12-10-8-6-4-2/h21-26,28-30H,3-20,27H2,1-2H3/t29-,30-. The fraction of sp³-hybridized carbons (Fsp3) is 0.676. The molecule has 1 aliphatic rings. The molecule has 1 heterocycles. The molecule has 0 saturated heterocycles. The van der Waals surface area contributed by atoms with Crippen LogP contribution in [-0.4, -0.2) is 11.6 Å². The van der Waals surface area contributed by atoms with E-state index >= 15 is 0 Å². The number of unbranched alkanes of at least 4 members (excludes halogenated alkanes) is 9. The highest BCUT2D eigenvalue weighted by Gasteiger charge is 2.20. The van der Waals surface area contributed by atoms with Gasteiger partial charge in [-0.3, -0.25) is 4.98 Å². The third-order valence-corrected chi connectivity index (χ3v) is 8.28. The molecule has 2 heteroatoms. The zero-order valence-electron chi connectivity index (χ0n) is 23.5. The molecule has 36 heavy (non-hydrogen) atoms. The van der Waals surface area contributed by atoms with Crippen LogP contribution in [0.15, 0.2) is 42.6 Å². The molecule has 0 bridgehead atoms. The molecule has 1 fully saturated rings. The summed E-state index contributed by atoms with van der Waals surface area (Å²) < 4.78 is 5.89. The van der Waals surface area contributed by atoms with E-state index in [1.54, 1.807) is 0 Å². The van der Waals surface area contributed by atoms with Crippen molar-refractivity contribution in [3.05, 3.63) is 48.2 Å². The molecule has 0 unspecified atom stereocenters. The van der Waals surface area contributed by atoms with Gasteiger partial charge in [-0.2, -0.15) is 0 Å². The Morgan fingerprint density at radius 3 is 1.92 bits per heavy atom. The van der Waals surface area contributed by atoms with Gasteiger partial charge in [-0.05, 0) is 48.8 Å². The lowest BCUT2D eigenvalue weighted by atomic mass is 9.77. The lowest BCUT2D eigenvalue weighted by Gasteiger charge is -2.28. The Balaban J connectivity index is 1.31. The zero-order valence-corrected chi connectivity index (χ0v) is 23.5. The van der Waals surface area contributed by atoms with Crippen molar-refractivity contribution >= 4 is 0 Å². The second-order valence-electron chi connectivity index (χ2n) is 11.3. The van der Waals surface area contributed by atoms with Crippen molar-refractivity contribution in [3.63, 3.8) is 0 Å². The number of ether oxygens (including phenoxy) is 1. The van der Waals surface area contributed by atoms with Crippen molar-refractivity contribution in [2.24, 2.45) is 11.8 Å². The van der Waals surface area contributed by atoms with Crippen LogP contribution in [0.3, 0.4) is 0 Å². The summed E-state index contributed by atoms with van der Waals surface area (Å²) in [6, 6.07) is 13.3. The first-order valence-electron chi connectivity index (χ1n) is 15.5. The quantitative estimate of drug-likeness (QED) is 0.193. The maximum absolute atomic E-state index is 5.89. The van der Waals surface area contributed by atoms with Gasteiger partial charge in [0.2, 0.25) is 0 Å². The largest absolute Gasteiger partial charge is 0.492 e. The van der Waals surface area contributed by atoms with E-state index in [1.807, 2.05) is 6.20 Å². The van der Waals surface area contributed by atoms with E-state index in [-0.39, 0.29) is 0 Å². The van der Waals surface area contributed by atoms with Crippen LogP contribution in [0, 0.1) is 11.8 Å². The Hall–Kier alpha value is -1.83. The van der Waals surface area contributed by atoms with Gasteiger partial charge < -0.3 is 4.74 Å². The van der Waals surface area contributed by atoms with Crippen molar-refractivity contribution in [1.82, 2.24) is 4.98 Å². The zero-order chi connectivity index (χ0) is 25.3. The highest BCUT2D eigenvalue weighted by molar-refractivity contribution is 5.59. The first-order valence-corrected chi connectivity index (χ1v) is 15.5. The van der Waals surface area contributed by atoms with E-state index in [9.17, 15) is 0 Å². The van der Waals surface area contributed by atoms with Gasteiger partial charge in [0.25, 0.3) is 0 Å². The monoisotopic (exact) mass is 491 g/mol. The van der Waals surface area contributed by atoms with E-state index in [0.717, 1.165) is 36.3 Å². The minimum absolute atomic E-state index is 0.794. The number of benzene rings is 1. The average molecular weight is 492 g/mol. The summed E-state index contributed by atoms with van der Waals surface area (Å²) in [5.41, 5.74) is 3.69. The van der Waals surface area contributed by atoms with Crippen LogP contribution < -0.4 is 4.74 Å². The first kappa shape index (κ1) is 28.7. The van der Waals surface area contributed by atoms with Gasteiger partial charge in [0, 0.05) is 5.56 Å². The Kier molecular flexibility index (Phi) is 14.0. The highest BCUT2D eigenvalue weighted by Crippen LogP contribution is 2.34. The number of hydrogen-bond donors (Lipinski definition) is 0. The summed E-state index contributed by atoms with van der Waals surface area (Å²) in [6.07, 6.45) is 26.6. The molecule has 1 aromatic heterocycles. The Morgan fingerprint density at radius 1 is 0.667 bits per heavy atom. The van der Waals surface area contributed by atoms with E-state index in [4.69, 9.17) is 4.74 Å². The lowest BCUT2D eigenvalue weighted by Crippen LogP contribution is -2.15. The van der Waals surface area contributed by atoms with Gasteiger partial charge >= 0.3 is 0 Å². The lowest BCUT2D eigenvalue weighted by molar-refractivity contribution is 0.248. The molecular formula is C34H53NO. The molecule has 3 rings (SSSR count). The molecule has 0 aliphatic heterocycles. The van der Waals surface area contributed by atoms with E-state index in [2.05, 4.69) is 55.2 Å². The third-order valence-electron chi connectivity index (χ3n) is 8.28. The summed E-state index contributed by atoms with van der Waals surface area (Å²) in [6.45, 7) is 5.36. The Morgan fingerprint density at radius 2 is 1.28 bits per heavy atom. The number of aryl methyl sites for hydroxylation is 1. The van der Waals surface area contributed by atoms with Gasteiger partial charge in [-0.25, -0.2) is 0 Å². The smallest absolute Gasteiger partial charge is 0.137 e. The third kappa shape index (κ3) is 11.1. The summed E-state index contributed by atoms with van der Waals surface area (Å²) >= 11 is 0. The van der Waals surface area contributed by atoms with Crippen molar-refractivity contribution in [2.45, 2.75) is 129 Å². The van der Waals surface area contributed by atoms with Crippen molar-refractivity contribution in [2.75, 3.05) is 6.61 Å². The second kappa shape index (κ2) is 17.6. The fourth-order valence-corrected chi connectivity index (χ4v) is 5.77. The second-order valence-corrected chi connectivity index (χ2v) is 11.3. The minimum atomic E-state index is 0.794. The van der Waals surface area contributed by atoms with Crippen LogP contribution in [0.1, 0.15) is 129 Å². The number of aromatic nitrogens is 1. The highest BCUT2D eigenvalue weighted by atomic mass is 16.5. The van der Waals surface area contributed by atoms with Crippen LogP contribution in [0.5, 0.6) is 5.75 Å². The summed E-state index contributed by atoms with van der Waals surface area (Å²) in [4.78, 5) is 4.66. The summed E-state index contributed by atoms with van der Waals surface area (Å²) in [7, 11) is 0. The molecule has 2 nitrogen and oxygen atoms in total. The van der Waals surface area contributed by atoms with Gasteiger partial charge in [0.15, 0.2) is 0 Å². The van der Waals surface area contributed by atoms with Crippen LogP contribution in [0.4, 0.5) is 0 Å². The van der Waals surface area contributed by atoms with Crippen molar-refractivity contribution in [1.29, 1.82) is 0 Å². The Bertz CT molecular complexity index is 789. The molecular weight excluding hydrogens is 438 g/mol. The van der Waals surface area contributed by atoms with Gasteiger partial charge in [-0.15, -0.1) is 0 Å². The van der Waals surface area contributed by atoms with Crippen LogP contribution in [0.2, 0.25) is 0 Å². The van der Waals surface area contributed by atoms with Crippen LogP contribution >= 0.6 is 0 Å². The predicted octanol–water partition coefficient (Wildman–Crippen LogP) is 10.6. The molecule has 200 valence electrons. The number of hydrogen-bond acceptors (Lipinski definition) is 2. The fourth-order valence-electron chi connectivity index (χ4n) is 5.77. The molecule has 0 atom stereocenters. The average Bonchev–Trinajstić information content (AvgIpc) is 2.93. The first-order chi connectivity index (χ1) is 17.8. The van der Waals surface area contributed by atoms with E-state index in [1.165, 1.54) is 120 Å². The van der Waals surface area contributed by atoms with Crippen molar-refractivity contribution in [3.8, 4) is 17.0 Å². The maximum atomic E-state index is 5.89. The molecule has 2 aromatic rings. The molecule has 1 aliphatic carbocycles. The predicted molar refractivity (Wildman–Crippen MR) is 156 cm³/mol. The number of nitrogens with zero attached hydrogens (tertiary/aromatic N) is 1. The van der Waals surface area contributed by atoms with E-state index < -0.39 is 0 Å². The van der Waals surface area contributed by atoms with Crippen molar-refractivity contribution < 1.29 is 4.74 Å². The molecule has 0 N–H and O–H groups in total. The SMILES string of the molecule is CCCCCCCCOc1ccc(-c2ccc(CC[C@H]3CC[C@H](CCCCCCC)CC3)cc2)nc1. The maximum Gasteiger partial charge on any atom is 0.137 e. The topological polar surface area (TPSA) is 22.1 Å². The summed E-state index contributed by atoms with van der Waals surface area (Å²) in [5, 5.41) is 0. The van der Waals surface area contributed by atoms with Gasteiger partial charge in [0.05, 0.1) is 18.5 Å². The van der Waals surface area contributed by atoms with E-state index in [0.29, 0.717) is 0 Å². The molecule has 1 saturated carbocycles. The van der Waals surface area contributed by atoms with Gasteiger partial charge in [-0.1, -0.05) is 134 Å². The normalized spacial score (nSPS) is 17.8. The van der Waals surface area contributed by atoms with Crippen LogP contribution in [0.25, 0.3) is 11.3 Å². The van der Waals surface area contributed by atoms with Gasteiger partial charge in [0.1, 0.15) is 5.75 Å². The van der Waals surface area contributed by atoms with Crippen LogP contribution in [-0.2, 0) is 6.42 Å². The molecule has 0 amide bonds. The molecule has 0 radical (unpaired) electrons. The number of rotatable bonds is 18. The Labute approximate surface area is 222 Å².